The summed E-state index contributed by atoms with van der Waals surface area (Å²) < 4.78 is 66.6. The molecule has 402 valence electrons. The van der Waals surface area contributed by atoms with Gasteiger partial charge in [-0.25, -0.2) is 22.0 Å². The molecule has 6 rings (SSSR count). The van der Waals surface area contributed by atoms with Gasteiger partial charge in [0, 0.05) is 10.0 Å². The summed E-state index contributed by atoms with van der Waals surface area (Å²) in [5, 5.41) is 1.43. The third kappa shape index (κ3) is 23.3. The smallest absolute Gasteiger partial charge is 0.130 e. The first-order valence-corrected chi connectivity index (χ1v) is 25.9. The molecule has 0 spiro atoms. The molecular formula is C66H89Cl2F5. The number of hydrogen-bond acceptors (Lipinski definition) is 0. The predicted octanol–water partition coefficient (Wildman–Crippen LogP) is 21.8. The fourth-order valence-electron chi connectivity index (χ4n) is 7.22. The first-order valence-electron chi connectivity index (χ1n) is 25.2. The Bertz CT molecular complexity index is 2540. The summed E-state index contributed by atoms with van der Waals surface area (Å²) >= 11 is 11.8. The molecule has 6 aromatic rings. The third-order valence-electron chi connectivity index (χ3n) is 11.8. The lowest BCUT2D eigenvalue weighted by molar-refractivity contribution is 0.506. The summed E-state index contributed by atoms with van der Waals surface area (Å²) in [6.07, 6.45) is 0. The highest BCUT2D eigenvalue weighted by atomic mass is 35.5. The minimum atomic E-state index is -0.371. The van der Waals surface area contributed by atoms with Crippen molar-refractivity contribution >= 4 is 23.2 Å². The Balaban J connectivity index is 0.000000438. The van der Waals surface area contributed by atoms with Gasteiger partial charge in [0.25, 0.3) is 0 Å². The van der Waals surface area contributed by atoms with E-state index in [9.17, 15) is 22.0 Å². The molecule has 0 nitrogen and oxygen atoms in total. The van der Waals surface area contributed by atoms with E-state index in [1.54, 1.807) is 51.1 Å². The molecule has 0 unspecified atom stereocenters. The highest BCUT2D eigenvalue weighted by Crippen LogP contribution is 2.31. The van der Waals surface area contributed by atoms with Crippen molar-refractivity contribution in [2.45, 2.75) is 199 Å². The van der Waals surface area contributed by atoms with Gasteiger partial charge in [-0.05, 0) is 184 Å². The zero-order valence-corrected chi connectivity index (χ0v) is 50.5. The molecule has 0 saturated heterocycles. The van der Waals surface area contributed by atoms with Gasteiger partial charge < -0.3 is 0 Å². The highest BCUT2D eigenvalue weighted by Gasteiger charge is 2.22. The molecule has 0 radical (unpaired) electrons. The number of aryl methyl sites for hydroxylation is 6. The van der Waals surface area contributed by atoms with Crippen LogP contribution in [0.3, 0.4) is 0 Å². The van der Waals surface area contributed by atoms with E-state index in [0.29, 0.717) is 27.3 Å². The first-order chi connectivity index (χ1) is 32.9. The van der Waals surface area contributed by atoms with Gasteiger partial charge in [-0.2, -0.15) is 0 Å². The topological polar surface area (TPSA) is 0 Å². The lowest BCUT2D eigenvalue weighted by Crippen LogP contribution is -2.14. The number of benzene rings is 6. The summed E-state index contributed by atoms with van der Waals surface area (Å²) in [6.45, 7) is 48.3. The van der Waals surface area contributed by atoms with Crippen molar-refractivity contribution in [3.8, 4) is 0 Å². The van der Waals surface area contributed by atoms with Gasteiger partial charge in [0.2, 0.25) is 0 Å². The second-order valence-electron chi connectivity index (χ2n) is 25.5. The summed E-state index contributed by atoms with van der Waals surface area (Å²) in [5.41, 5.74) is 10.8. The van der Waals surface area contributed by atoms with Gasteiger partial charge >= 0.3 is 0 Å². The van der Waals surface area contributed by atoms with Crippen molar-refractivity contribution in [1.29, 1.82) is 0 Å². The molecule has 6 aromatic carbocycles. The van der Waals surface area contributed by atoms with Crippen molar-refractivity contribution in [3.63, 3.8) is 0 Å². The van der Waals surface area contributed by atoms with E-state index in [4.69, 9.17) is 23.2 Å². The van der Waals surface area contributed by atoms with Crippen molar-refractivity contribution in [3.05, 3.63) is 209 Å². The number of halogens is 7. The maximum atomic E-state index is 13.6. The molecule has 0 aliphatic heterocycles. The Kier molecular flexibility index (Phi) is 24.5. The average molecular weight is 1050 g/mol. The van der Waals surface area contributed by atoms with Crippen molar-refractivity contribution in [1.82, 2.24) is 0 Å². The average Bonchev–Trinajstić information content (AvgIpc) is 3.20. The molecule has 0 fully saturated rings. The van der Waals surface area contributed by atoms with Gasteiger partial charge in [-0.15, -0.1) is 0 Å². The molecule has 0 aliphatic rings. The molecule has 0 heterocycles. The Hall–Kier alpha value is -4.45. The second kappa shape index (κ2) is 26.9. The Morgan fingerprint density at radius 3 is 1.05 bits per heavy atom. The predicted molar refractivity (Wildman–Crippen MR) is 309 cm³/mol. The molecule has 0 bridgehead atoms. The van der Waals surface area contributed by atoms with E-state index in [-0.39, 0.29) is 61.6 Å². The van der Waals surface area contributed by atoms with Crippen LogP contribution >= 0.6 is 23.2 Å². The molecule has 0 aliphatic carbocycles. The molecule has 0 aromatic heterocycles. The van der Waals surface area contributed by atoms with E-state index in [1.807, 2.05) is 99.6 Å². The summed E-state index contributed by atoms with van der Waals surface area (Å²) in [6, 6.07) is 31.5. The van der Waals surface area contributed by atoms with Crippen LogP contribution in [0.25, 0.3) is 0 Å². The fraction of sp³-hybridized carbons (Fsp3) is 0.455. The molecular weight excluding hydrogens is 959 g/mol. The molecule has 0 atom stereocenters. The SMILES string of the molecule is Cc1cc(Cl)cc(C(C)(C)C)c1.Cc1cc(Cl)cc(C(C)(C)C)c1F.Cc1cc(F)cc(C(C)(C)C)c1.Cc1cc(F)cc(C(C)(C)C)c1F.Cc1cccc(C(C)(C)C)c1.Cc1cccc(C(C)(C)C)c1F. The van der Waals surface area contributed by atoms with Gasteiger partial charge in [0.05, 0.1) is 0 Å². The molecule has 73 heavy (non-hydrogen) atoms. The van der Waals surface area contributed by atoms with Crippen LogP contribution in [0, 0.1) is 70.6 Å². The Labute approximate surface area is 450 Å². The lowest BCUT2D eigenvalue weighted by Gasteiger charge is -2.20. The summed E-state index contributed by atoms with van der Waals surface area (Å²) in [4.78, 5) is 0. The normalized spacial score (nSPS) is 11.8. The van der Waals surface area contributed by atoms with E-state index >= 15 is 0 Å². The Morgan fingerprint density at radius 1 is 0.288 bits per heavy atom. The zero-order chi connectivity index (χ0) is 57.0. The minimum Gasteiger partial charge on any atom is -0.207 e. The van der Waals surface area contributed by atoms with Gasteiger partial charge in [-0.3, -0.25) is 0 Å². The van der Waals surface area contributed by atoms with Gasteiger partial charge in [-0.1, -0.05) is 208 Å². The molecule has 0 amide bonds. The maximum absolute atomic E-state index is 13.6. The van der Waals surface area contributed by atoms with Crippen LogP contribution in [0.2, 0.25) is 10.0 Å². The molecule has 7 heteroatoms. The quantitative estimate of drug-likeness (QED) is 0.133. The highest BCUT2D eigenvalue weighted by molar-refractivity contribution is 6.31. The maximum Gasteiger partial charge on any atom is 0.130 e. The van der Waals surface area contributed by atoms with Crippen LogP contribution in [0.1, 0.15) is 191 Å². The number of hydrogen-bond donors (Lipinski definition) is 0. The van der Waals surface area contributed by atoms with E-state index < -0.39 is 0 Å². The van der Waals surface area contributed by atoms with E-state index in [0.717, 1.165) is 27.3 Å². The van der Waals surface area contributed by atoms with Crippen molar-refractivity contribution in [2.24, 2.45) is 0 Å². The van der Waals surface area contributed by atoms with Crippen molar-refractivity contribution < 1.29 is 22.0 Å². The standard InChI is InChI=1S/C11H14ClF.C11H15Cl.C11H14F2.2C11H15F.C11H16/c1-7-5-8(12)6-9(10(7)13)11(2,3)4;1-8-5-9(11(2,3)4)7-10(12)6-8;1-7-5-8(12)6-9(10(7)13)11(2,3)4;1-8-5-9(11(2,3)4)7-10(12)6-8;1-8-6-5-7-9(10(8)12)11(2,3)4;1-9-6-5-7-10(8-9)11(2,3)4/h5-6H,1-4H3;5-7H,1-4H3;5-6H,1-4H3;2*5-7H,1-4H3;5-8H,1-4H3. The molecule has 0 N–H and O–H groups in total. The van der Waals surface area contributed by atoms with Crippen LogP contribution in [0.5, 0.6) is 0 Å². The largest absolute Gasteiger partial charge is 0.207 e. The third-order valence-corrected chi connectivity index (χ3v) is 12.2. The van der Waals surface area contributed by atoms with Gasteiger partial charge in [0.1, 0.15) is 29.1 Å². The van der Waals surface area contributed by atoms with Crippen LogP contribution in [-0.2, 0) is 32.5 Å². The summed E-state index contributed by atoms with van der Waals surface area (Å²) in [7, 11) is 0. The van der Waals surface area contributed by atoms with Crippen LogP contribution in [0.4, 0.5) is 22.0 Å². The van der Waals surface area contributed by atoms with E-state index in [1.165, 1.54) is 34.4 Å². The minimum absolute atomic E-state index is 0.0346. The Morgan fingerprint density at radius 2 is 0.658 bits per heavy atom. The second-order valence-corrected chi connectivity index (χ2v) is 26.4. The van der Waals surface area contributed by atoms with Crippen LogP contribution in [-0.4, -0.2) is 0 Å². The van der Waals surface area contributed by atoms with Crippen LogP contribution in [0.15, 0.2) is 103 Å². The van der Waals surface area contributed by atoms with Crippen LogP contribution < -0.4 is 0 Å². The van der Waals surface area contributed by atoms with Crippen molar-refractivity contribution in [2.75, 3.05) is 0 Å². The monoisotopic (exact) mass is 1050 g/mol. The molecule has 0 saturated carbocycles. The van der Waals surface area contributed by atoms with E-state index in [2.05, 4.69) is 106 Å². The lowest BCUT2D eigenvalue weighted by atomic mass is 9.85. The first kappa shape index (κ1) is 66.6. The van der Waals surface area contributed by atoms with Gasteiger partial charge in [0.15, 0.2) is 0 Å². The summed E-state index contributed by atoms with van der Waals surface area (Å²) in [5.74, 6) is -1.01. The zero-order valence-electron chi connectivity index (χ0n) is 49.0. The number of rotatable bonds is 0. The fourth-order valence-corrected chi connectivity index (χ4v) is 7.78.